The first-order valence-corrected chi connectivity index (χ1v) is 4.76. The minimum absolute atomic E-state index is 0.0578. The molecule has 1 aromatic rings. The van der Waals surface area contributed by atoms with E-state index in [0.717, 1.165) is 6.42 Å². The van der Waals surface area contributed by atoms with Crippen LogP contribution in [0.4, 0.5) is 0 Å². The first-order valence-electron chi connectivity index (χ1n) is 4.76. The molecule has 0 amide bonds. The first kappa shape index (κ1) is 11.2. The fourth-order valence-electron chi connectivity index (χ4n) is 1.32. The lowest BCUT2D eigenvalue weighted by Gasteiger charge is -2.23. The van der Waals surface area contributed by atoms with E-state index in [9.17, 15) is 0 Å². The second-order valence-electron chi connectivity index (χ2n) is 3.44. The third-order valence-electron chi connectivity index (χ3n) is 2.12. The number of benzene rings is 1. The van der Waals surface area contributed by atoms with E-state index >= 15 is 0 Å². The average Bonchev–Trinajstić information content (AvgIpc) is 2.18. The lowest BCUT2D eigenvalue weighted by atomic mass is 10.1. The second kappa shape index (κ2) is 5.75. The van der Waals surface area contributed by atoms with Gasteiger partial charge in [-0.25, -0.2) is 0 Å². The molecule has 3 heteroatoms. The Bertz CT molecular complexity index is 249. The zero-order chi connectivity index (χ0) is 10.4. The highest BCUT2D eigenvalue weighted by atomic mass is 16.5. The Morgan fingerprint density at radius 1 is 1.29 bits per heavy atom. The minimum atomic E-state index is 0.0578. The first-order chi connectivity index (χ1) is 6.74. The van der Waals surface area contributed by atoms with Crippen LogP contribution < -0.4 is 5.73 Å². The molecule has 0 saturated heterocycles. The number of ether oxygens (including phenoxy) is 1. The molecule has 2 N–H and O–H groups in total. The fraction of sp³-hybridized carbons (Fsp3) is 0.455. The number of rotatable bonds is 5. The van der Waals surface area contributed by atoms with Gasteiger partial charge in [-0.2, -0.15) is 0 Å². The van der Waals surface area contributed by atoms with Gasteiger partial charge < -0.3 is 10.5 Å². The van der Waals surface area contributed by atoms with Crippen LogP contribution in [0.5, 0.6) is 0 Å². The van der Waals surface area contributed by atoms with E-state index in [1.807, 2.05) is 37.2 Å². The van der Waals surface area contributed by atoms with Crippen molar-refractivity contribution in [3.8, 4) is 0 Å². The van der Waals surface area contributed by atoms with Crippen molar-refractivity contribution in [2.24, 2.45) is 5.73 Å². The van der Waals surface area contributed by atoms with E-state index in [2.05, 4.69) is 12.1 Å². The summed E-state index contributed by atoms with van der Waals surface area (Å²) in [4.78, 5) is 2.03. The molecule has 0 aromatic heterocycles. The summed E-state index contributed by atoms with van der Waals surface area (Å²) in [6.45, 7) is 0.260. The average molecular weight is 194 g/mol. The van der Waals surface area contributed by atoms with Gasteiger partial charge in [0.1, 0.15) is 6.23 Å². The molecule has 1 unspecified atom stereocenters. The molecular weight excluding hydrogens is 176 g/mol. The Hall–Kier alpha value is -0.900. The predicted molar refractivity (Wildman–Crippen MR) is 57.8 cm³/mol. The number of nitrogens with two attached hydrogens (primary N) is 1. The maximum atomic E-state index is 5.41. The number of hydrogen-bond donors (Lipinski definition) is 1. The summed E-state index contributed by atoms with van der Waals surface area (Å²) in [7, 11) is 3.98. The van der Waals surface area contributed by atoms with Crippen LogP contribution >= 0.6 is 0 Å². The van der Waals surface area contributed by atoms with Crippen LogP contribution in [0.25, 0.3) is 0 Å². The second-order valence-corrected chi connectivity index (χ2v) is 3.44. The molecule has 3 nitrogen and oxygen atoms in total. The van der Waals surface area contributed by atoms with Crippen molar-refractivity contribution in [2.75, 3.05) is 20.8 Å². The molecule has 1 aromatic carbocycles. The Morgan fingerprint density at radius 2 is 1.93 bits per heavy atom. The van der Waals surface area contributed by atoms with E-state index in [1.54, 1.807) is 0 Å². The van der Waals surface area contributed by atoms with Gasteiger partial charge in [-0.05, 0) is 19.7 Å². The van der Waals surface area contributed by atoms with E-state index in [-0.39, 0.29) is 13.0 Å². The monoisotopic (exact) mass is 194 g/mol. The summed E-state index contributed by atoms with van der Waals surface area (Å²) in [5.41, 5.74) is 6.64. The predicted octanol–water partition coefficient (Wildman–Crippen LogP) is 1.05. The lowest BCUT2D eigenvalue weighted by Crippen LogP contribution is -2.34. The fourth-order valence-corrected chi connectivity index (χ4v) is 1.32. The van der Waals surface area contributed by atoms with Crippen molar-refractivity contribution in [2.45, 2.75) is 12.6 Å². The van der Waals surface area contributed by atoms with Gasteiger partial charge in [0, 0.05) is 6.42 Å². The maximum absolute atomic E-state index is 5.41. The van der Waals surface area contributed by atoms with Crippen LogP contribution in [0, 0.1) is 0 Å². The van der Waals surface area contributed by atoms with Crippen molar-refractivity contribution in [1.82, 2.24) is 4.90 Å². The summed E-state index contributed by atoms with van der Waals surface area (Å²) >= 11 is 0. The summed E-state index contributed by atoms with van der Waals surface area (Å²) in [6.07, 6.45) is 0.924. The lowest BCUT2D eigenvalue weighted by molar-refractivity contribution is -0.0322. The van der Waals surface area contributed by atoms with Crippen LogP contribution in [0.15, 0.2) is 30.3 Å². The van der Waals surface area contributed by atoms with Gasteiger partial charge in [-0.3, -0.25) is 4.90 Å². The molecule has 0 bridgehead atoms. The Morgan fingerprint density at radius 3 is 2.43 bits per heavy atom. The highest BCUT2D eigenvalue weighted by molar-refractivity contribution is 5.15. The number of nitrogens with zero attached hydrogens (tertiary/aromatic N) is 1. The van der Waals surface area contributed by atoms with Gasteiger partial charge in [0.15, 0.2) is 0 Å². The van der Waals surface area contributed by atoms with Gasteiger partial charge in [0.25, 0.3) is 0 Å². The van der Waals surface area contributed by atoms with Crippen molar-refractivity contribution >= 4 is 0 Å². The maximum Gasteiger partial charge on any atom is 0.115 e. The summed E-state index contributed by atoms with van der Waals surface area (Å²) < 4.78 is 5.41. The summed E-state index contributed by atoms with van der Waals surface area (Å²) in [5.74, 6) is 0. The van der Waals surface area contributed by atoms with Crippen molar-refractivity contribution in [3.05, 3.63) is 35.9 Å². The molecule has 14 heavy (non-hydrogen) atoms. The topological polar surface area (TPSA) is 38.5 Å². The van der Waals surface area contributed by atoms with Crippen LogP contribution in [0.2, 0.25) is 0 Å². The van der Waals surface area contributed by atoms with Crippen LogP contribution in [0.1, 0.15) is 5.56 Å². The van der Waals surface area contributed by atoms with Crippen molar-refractivity contribution in [3.63, 3.8) is 0 Å². The van der Waals surface area contributed by atoms with Gasteiger partial charge >= 0.3 is 0 Å². The molecule has 0 aliphatic carbocycles. The zero-order valence-corrected chi connectivity index (χ0v) is 8.81. The molecule has 0 aliphatic rings. The van der Waals surface area contributed by atoms with Gasteiger partial charge in [-0.1, -0.05) is 30.3 Å². The number of hydrogen-bond acceptors (Lipinski definition) is 3. The minimum Gasteiger partial charge on any atom is -0.348 e. The van der Waals surface area contributed by atoms with Gasteiger partial charge in [0.05, 0.1) is 6.73 Å². The van der Waals surface area contributed by atoms with Crippen LogP contribution in [-0.4, -0.2) is 32.0 Å². The van der Waals surface area contributed by atoms with E-state index in [4.69, 9.17) is 10.5 Å². The van der Waals surface area contributed by atoms with Crippen LogP contribution in [-0.2, 0) is 11.2 Å². The molecule has 0 fully saturated rings. The standard InChI is InChI=1S/C11H18N2O/c1-13(2)11(14-9-12)8-10-6-4-3-5-7-10/h3-7,11H,8-9,12H2,1-2H3. The largest absolute Gasteiger partial charge is 0.348 e. The zero-order valence-electron chi connectivity index (χ0n) is 8.81. The molecule has 0 radical (unpaired) electrons. The molecule has 1 rings (SSSR count). The summed E-state index contributed by atoms with van der Waals surface area (Å²) in [5, 5.41) is 0. The Labute approximate surface area is 85.5 Å². The molecule has 0 heterocycles. The highest BCUT2D eigenvalue weighted by Crippen LogP contribution is 2.07. The molecular formula is C11H18N2O. The normalized spacial score (nSPS) is 13.1. The highest BCUT2D eigenvalue weighted by Gasteiger charge is 2.11. The van der Waals surface area contributed by atoms with E-state index in [1.165, 1.54) is 5.56 Å². The van der Waals surface area contributed by atoms with Crippen molar-refractivity contribution in [1.29, 1.82) is 0 Å². The van der Waals surface area contributed by atoms with Gasteiger partial charge in [0.2, 0.25) is 0 Å². The Balaban J connectivity index is 2.55. The summed E-state index contributed by atoms with van der Waals surface area (Å²) in [6, 6.07) is 10.3. The molecule has 0 saturated carbocycles. The van der Waals surface area contributed by atoms with Crippen LogP contribution in [0.3, 0.4) is 0 Å². The molecule has 78 valence electrons. The molecule has 1 atom stereocenters. The van der Waals surface area contributed by atoms with Gasteiger partial charge in [-0.15, -0.1) is 0 Å². The third-order valence-corrected chi connectivity index (χ3v) is 2.12. The molecule has 0 aliphatic heterocycles. The van der Waals surface area contributed by atoms with E-state index < -0.39 is 0 Å². The third kappa shape index (κ3) is 3.46. The number of likely N-dealkylation sites (N-methyl/N-ethyl adjacent to an activating group) is 1. The Kier molecular flexibility index (Phi) is 4.59. The molecule has 0 spiro atoms. The quantitative estimate of drug-likeness (QED) is 0.712. The SMILES string of the molecule is CN(C)C(Cc1ccccc1)OCN. The van der Waals surface area contributed by atoms with E-state index in [0.29, 0.717) is 0 Å². The smallest absolute Gasteiger partial charge is 0.115 e. The van der Waals surface area contributed by atoms with Crippen molar-refractivity contribution < 1.29 is 4.74 Å².